The lowest BCUT2D eigenvalue weighted by Crippen LogP contribution is -2.34. The molecule has 28 heavy (non-hydrogen) atoms. The van der Waals surface area contributed by atoms with E-state index in [4.69, 9.17) is 0 Å². The van der Waals surface area contributed by atoms with E-state index in [9.17, 15) is 4.79 Å². The monoisotopic (exact) mass is 375 g/mol. The van der Waals surface area contributed by atoms with E-state index in [1.54, 1.807) is 0 Å². The number of piperidine rings is 1. The molecule has 1 saturated heterocycles. The number of fused-ring (bicyclic) bond motifs is 1. The number of hydrogen-bond donors (Lipinski definition) is 0. The van der Waals surface area contributed by atoms with Gasteiger partial charge in [0.05, 0.1) is 0 Å². The summed E-state index contributed by atoms with van der Waals surface area (Å²) in [6, 6.07) is 15.3. The van der Waals surface area contributed by atoms with Gasteiger partial charge in [-0.3, -0.25) is 9.69 Å². The van der Waals surface area contributed by atoms with Crippen LogP contribution in [0.3, 0.4) is 0 Å². The van der Waals surface area contributed by atoms with Gasteiger partial charge in [0.15, 0.2) is 5.78 Å². The first-order chi connectivity index (χ1) is 13.7. The second-order valence-electron chi connectivity index (χ2n) is 8.69. The van der Waals surface area contributed by atoms with Crippen molar-refractivity contribution in [2.45, 2.75) is 58.9 Å². The number of hydrogen-bond acceptors (Lipinski definition) is 2. The first kappa shape index (κ1) is 19.4. The Kier molecular flexibility index (Phi) is 5.96. The molecule has 2 nitrogen and oxygen atoms in total. The molecule has 2 aromatic rings. The van der Waals surface area contributed by atoms with Gasteiger partial charge in [0.2, 0.25) is 0 Å². The first-order valence-electron chi connectivity index (χ1n) is 11.1. The van der Waals surface area contributed by atoms with Crippen molar-refractivity contribution in [1.82, 2.24) is 4.90 Å². The standard InChI is InChI=1S/C26H33NO/c1-3-21-15-23-16-24(26(28)25(23)17-22(21)4-2)14-19-10-12-27(13-11-19)18-20-8-6-5-7-9-20/h5-9,15,17,19,24H,3-4,10-14,16,18H2,1-2H3. The maximum absolute atomic E-state index is 13.0. The van der Waals surface area contributed by atoms with Gasteiger partial charge in [-0.1, -0.05) is 50.2 Å². The predicted octanol–water partition coefficient (Wildman–Crippen LogP) is 5.47. The molecule has 4 rings (SSSR count). The zero-order valence-electron chi connectivity index (χ0n) is 17.4. The molecule has 1 aliphatic heterocycles. The minimum Gasteiger partial charge on any atom is -0.299 e. The minimum atomic E-state index is 0.220. The van der Waals surface area contributed by atoms with Crippen LogP contribution < -0.4 is 0 Å². The number of nitrogens with zero attached hydrogens (tertiary/aromatic N) is 1. The van der Waals surface area contributed by atoms with E-state index in [-0.39, 0.29) is 5.92 Å². The minimum absolute atomic E-state index is 0.220. The van der Waals surface area contributed by atoms with Gasteiger partial charge in [0.25, 0.3) is 0 Å². The third kappa shape index (κ3) is 4.07. The Bertz CT molecular complexity index is 818. The molecule has 0 radical (unpaired) electrons. The first-order valence-corrected chi connectivity index (χ1v) is 11.1. The molecule has 1 fully saturated rings. The Labute approximate surface area is 170 Å². The highest BCUT2D eigenvalue weighted by molar-refractivity contribution is 6.02. The normalized spacial score (nSPS) is 20.5. The van der Waals surface area contributed by atoms with Gasteiger partial charge < -0.3 is 0 Å². The number of aryl methyl sites for hydroxylation is 2. The van der Waals surface area contributed by atoms with Gasteiger partial charge in [-0.15, -0.1) is 0 Å². The maximum Gasteiger partial charge on any atom is 0.166 e. The summed E-state index contributed by atoms with van der Waals surface area (Å²) in [5.41, 5.74) is 6.54. The van der Waals surface area contributed by atoms with Crippen molar-refractivity contribution >= 4 is 5.78 Å². The van der Waals surface area contributed by atoms with E-state index in [0.29, 0.717) is 11.7 Å². The highest BCUT2D eigenvalue weighted by Gasteiger charge is 2.33. The zero-order valence-corrected chi connectivity index (χ0v) is 17.4. The number of benzene rings is 2. The number of ketones is 1. The van der Waals surface area contributed by atoms with E-state index in [1.807, 2.05) is 0 Å². The van der Waals surface area contributed by atoms with E-state index >= 15 is 0 Å². The molecule has 1 heterocycles. The molecule has 1 aliphatic carbocycles. The predicted molar refractivity (Wildman–Crippen MR) is 116 cm³/mol. The molecule has 148 valence electrons. The van der Waals surface area contributed by atoms with Crippen LogP contribution in [0, 0.1) is 11.8 Å². The third-order valence-corrected chi connectivity index (χ3v) is 6.86. The Morgan fingerprint density at radius 2 is 1.64 bits per heavy atom. The molecule has 0 amide bonds. The quantitative estimate of drug-likeness (QED) is 0.667. The van der Waals surface area contributed by atoms with E-state index in [2.05, 4.69) is 61.2 Å². The summed E-state index contributed by atoms with van der Waals surface area (Å²) in [4.78, 5) is 15.6. The Morgan fingerprint density at radius 3 is 2.32 bits per heavy atom. The average Bonchev–Trinajstić information content (AvgIpc) is 3.03. The van der Waals surface area contributed by atoms with Crippen LogP contribution in [0.4, 0.5) is 0 Å². The Morgan fingerprint density at radius 1 is 0.964 bits per heavy atom. The van der Waals surface area contributed by atoms with Crippen molar-refractivity contribution in [2.24, 2.45) is 11.8 Å². The SMILES string of the molecule is CCc1cc2c(cc1CC)C(=O)C(CC1CCN(Cc3ccccc3)CC1)C2. The van der Waals surface area contributed by atoms with Crippen LogP contribution in [0.25, 0.3) is 0 Å². The van der Waals surface area contributed by atoms with E-state index in [1.165, 1.54) is 35.1 Å². The lowest BCUT2D eigenvalue weighted by Gasteiger charge is -2.33. The highest BCUT2D eigenvalue weighted by Crippen LogP contribution is 2.35. The molecule has 1 unspecified atom stereocenters. The van der Waals surface area contributed by atoms with Crippen LogP contribution >= 0.6 is 0 Å². The molecule has 0 saturated carbocycles. The van der Waals surface area contributed by atoms with Crippen LogP contribution in [0.1, 0.15) is 65.7 Å². The van der Waals surface area contributed by atoms with Crippen molar-refractivity contribution in [3.8, 4) is 0 Å². The number of Topliss-reactive ketones (excluding diaryl/α,β-unsaturated/α-hetero) is 1. The lowest BCUT2D eigenvalue weighted by molar-refractivity contribution is 0.0895. The topological polar surface area (TPSA) is 20.3 Å². The van der Waals surface area contributed by atoms with Crippen molar-refractivity contribution in [1.29, 1.82) is 0 Å². The molecule has 2 heteroatoms. The summed E-state index contributed by atoms with van der Waals surface area (Å²) in [6.07, 6.45) is 6.59. The van der Waals surface area contributed by atoms with Crippen LogP contribution in [-0.4, -0.2) is 23.8 Å². The number of likely N-dealkylation sites (tertiary alicyclic amines) is 1. The molecular weight excluding hydrogens is 342 g/mol. The molecule has 0 N–H and O–H groups in total. The van der Waals surface area contributed by atoms with E-state index in [0.717, 1.165) is 50.9 Å². The Hall–Kier alpha value is -1.93. The summed E-state index contributed by atoms with van der Waals surface area (Å²) in [5, 5.41) is 0. The van der Waals surface area contributed by atoms with Gasteiger partial charge in [0.1, 0.15) is 0 Å². The van der Waals surface area contributed by atoms with Crippen LogP contribution in [0.2, 0.25) is 0 Å². The second-order valence-corrected chi connectivity index (χ2v) is 8.69. The molecule has 1 atom stereocenters. The molecular formula is C26H33NO. The molecule has 2 aromatic carbocycles. The van der Waals surface area contributed by atoms with Gasteiger partial charge in [-0.2, -0.15) is 0 Å². The van der Waals surface area contributed by atoms with Crippen molar-refractivity contribution < 1.29 is 4.79 Å². The van der Waals surface area contributed by atoms with E-state index < -0.39 is 0 Å². The number of carbonyl (C=O) groups excluding carboxylic acids is 1. The molecule has 0 spiro atoms. The van der Waals surface area contributed by atoms with Gasteiger partial charge >= 0.3 is 0 Å². The summed E-state index contributed by atoms with van der Waals surface area (Å²) in [6.45, 7) is 7.79. The van der Waals surface area contributed by atoms with Crippen LogP contribution in [0.5, 0.6) is 0 Å². The van der Waals surface area contributed by atoms with Crippen molar-refractivity contribution in [2.75, 3.05) is 13.1 Å². The number of carbonyl (C=O) groups is 1. The summed E-state index contributed by atoms with van der Waals surface area (Å²) in [7, 11) is 0. The average molecular weight is 376 g/mol. The van der Waals surface area contributed by atoms with Crippen molar-refractivity contribution in [3.05, 3.63) is 70.3 Å². The zero-order chi connectivity index (χ0) is 19.5. The van der Waals surface area contributed by atoms with Gasteiger partial charge in [-0.25, -0.2) is 0 Å². The van der Waals surface area contributed by atoms with Crippen LogP contribution in [0.15, 0.2) is 42.5 Å². The fourth-order valence-electron chi connectivity index (χ4n) is 5.19. The summed E-state index contributed by atoms with van der Waals surface area (Å²) < 4.78 is 0. The third-order valence-electron chi connectivity index (χ3n) is 6.86. The largest absolute Gasteiger partial charge is 0.299 e. The maximum atomic E-state index is 13.0. The van der Waals surface area contributed by atoms with Gasteiger partial charge in [-0.05, 0) is 85.9 Å². The fraction of sp³-hybridized carbons (Fsp3) is 0.500. The lowest BCUT2D eigenvalue weighted by atomic mass is 9.85. The second kappa shape index (κ2) is 8.61. The smallest absolute Gasteiger partial charge is 0.166 e. The highest BCUT2D eigenvalue weighted by atomic mass is 16.1. The van der Waals surface area contributed by atoms with Gasteiger partial charge in [0, 0.05) is 18.0 Å². The summed E-state index contributed by atoms with van der Waals surface area (Å²) >= 11 is 0. The molecule has 0 bridgehead atoms. The number of rotatable bonds is 6. The Balaban J connectivity index is 1.34. The molecule has 2 aliphatic rings. The fourth-order valence-corrected chi connectivity index (χ4v) is 5.19. The van der Waals surface area contributed by atoms with Crippen molar-refractivity contribution in [3.63, 3.8) is 0 Å². The molecule has 0 aromatic heterocycles. The van der Waals surface area contributed by atoms with Crippen LogP contribution in [-0.2, 0) is 25.8 Å². The summed E-state index contributed by atoms with van der Waals surface area (Å²) in [5.74, 6) is 1.34.